The Morgan fingerprint density at radius 1 is 0.464 bits per heavy atom. The summed E-state index contributed by atoms with van der Waals surface area (Å²) in [4.78, 5) is 5.56. The predicted molar refractivity (Wildman–Crippen MR) is 299 cm³/mol. The minimum atomic E-state index is -0.101. The molecule has 0 aromatic heterocycles. The minimum absolute atomic E-state index is 0.0321. The van der Waals surface area contributed by atoms with Crippen LogP contribution in [0, 0.1) is 13.8 Å². The maximum absolute atomic E-state index is 2.78. The number of fused-ring (bicyclic) bond motifs is 7. The highest BCUT2D eigenvalue weighted by Gasteiger charge is 2.48. The van der Waals surface area contributed by atoms with Gasteiger partial charge in [0.25, 0.3) is 0 Å². The molecular formula is C66H79BN2. The first-order chi connectivity index (χ1) is 32.1. The lowest BCUT2D eigenvalue weighted by atomic mass is 9.34. The van der Waals surface area contributed by atoms with Crippen LogP contribution in [0.25, 0.3) is 11.1 Å². The maximum Gasteiger partial charge on any atom is 0.249 e. The maximum atomic E-state index is 2.78. The van der Waals surface area contributed by atoms with E-state index in [2.05, 4.69) is 225 Å². The normalized spacial score (nSPS) is 20.5. The van der Waals surface area contributed by atoms with Crippen LogP contribution < -0.4 is 26.2 Å². The van der Waals surface area contributed by atoms with Crippen molar-refractivity contribution in [2.24, 2.45) is 0 Å². The van der Waals surface area contributed by atoms with E-state index in [1.165, 1.54) is 132 Å². The zero-order valence-corrected chi connectivity index (χ0v) is 45.5. The van der Waals surface area contributed by atoms with Crippen molar-refractivity contribution in [1.29, 1.82) is 0 Å². The fraction of sp³-hybridized carbons (Fsp3) is 0.455. The smallest absolute Gasteiger partial charge is 0.249 e. The summed E-state index contributed by atoms with van der Waals surface area (Å²) in [6, 6.07) is 39.5. The molecule has 0 unspecified atom stereocenters. The van der Waals surface area contributed by atoms with Crippen LogP contribution in [-0.2, 0) is 44.4 Å². The molecule has 0 N–H and O–H groups in total. The predicted octanol–water partition coefficient (Wildman–Crippen LogP) is 15.9. The van der Waals surface area contributed by atoms with Gasteiger partial charge in [-0.1, -0.05) is 170 Å². The Hall–Kier alpha value is -5.02. The van der Waals surface area contributed by atoms with E-state index in [0.29, 0.717) is 0 Å². The van der Waals surface area contributed by atoms with Crippen molar-refractivity contribution in [2.75, 3.05) is 9.80 Å². The lowest BCUT2D eigenvalue weighted by Gasteiger charge is -2.46. The van der Waals surface area contributed by atoms with E-state index in [4.69, 9.17) is 0 Å². The molecule has 356 valence electrons. The second-order valence-electron chi connectivity index (χ2n) is 27.6. The summed E-state index contributed by atoms with van der Waals surface area (Å²) in [6.07, 6.45) is 5.90. The molecule has 0 atom stereocenters. The summed E-state index contributed by atoms with van der Waals surface area (Å²) in [5.74, 6) is 0. The van der Waals surface area contributed by atoms with Gasteiger partial charge < -0.3 is 9.80 Å². The topological polar surface area (TPSA) is 6.48 Å². The van der Waals surface area contributed by atoms with Crippen LogP contribution in [0.1, 0.15) is 192 Å². The van der Waals surface area contributed by atoms with Crippen LogP contribution in [-0.4, -0.2) is 6.71 Å². The van der Waals surface area contributed by atoms with E-state index < -0.39 is 0 Å². The van der Waals surface area contributed by atoms with Gasteiger partial charge in [-0.25, -0.2) is 0 Å². The van der Waals surface area contributed by atoms with Gasteiger partial charge in [0, 0.05) is 35.0 Å². The van der Waals surface area contributed by atoms with E-state index in [1.807, 2.05) is 0 Å². The summed E-state index contributed by atoms with van der Waals surface area (Å²) >= 11 is 0. The summed E-state index contributed by atoms with van der Waals surface area (Å²) in [5, 5.41) is 0. The van der Waals surface area contributed by atoms with Crippen LogP contribution >= 0.6 is 0 Å². The van der Waals surface area contributed by atoms with Gasteiger partial charge in [0.05, 0.1) is 0 Å². The van der Waals surface area contributed by atoms with Crippen LogP contribution in [0.3, 0.4) is 0 Å². The molecule has 0 saturated heterocycles. The van der Waals surface area contributed by atoms with Gasteiger partial charge in [0.2, 0.25) is 6.71 Å². The van der Waals surface area contributed by atoms with Gasteiger partial charge in [0.1, 0.15) is 0 Å². The van der Waals surface area contributed by atoms with Crippen molar-refractivity contribution in [3.05, 3.63) is 153 Å². The van der Waals surface area contributed by atoms with Crippen molar-refractivity contribution in [2.45, 2.75) is 194 Å². The number of nitrogens with zero attached hydrogens (tertiary/aromatic N) is 2. The van der Waals surface area contributed by atoms with Crippen LogP contribution in [0.2, 0.25) is 0 Å². The highest BCUT2D eigenvalue weighted by Crippen LogP contribution is 2.55. The standard InChI is InChI=1S/C66H79BN2/c1-40-31-47-50(66(16,17)39-65(47,14)15)36-54(40)69-55-37-49-48(62(8,9)27-28-63(49,10)11)35-52(55)67-51-25-23-43(42-21-19-18-20-22-42)32-44(51)38-68(56-33-45(60(3,4)5)34-57(69)59(56)67)53-26-24-46-58(41(53)2)64(12,13)30-29-61(46,6)7/h18-26,31-37H,27-30,38-39H2,1-17H3. The Kier molecular flexibility index (Phi) is 9.93. The minimum Gasteiger partial charge on any atom is -0.337 e. The average molecular weight is 911 g/mol. The number of hydrogen-bond acceptors (Lipinski definition) is 2. The largest absolute Gasteiger partial charge is 0.337 e. The van der Waals surface area contributed by atoms with E-state index >= 15 is 0 Å². The number of aryl methyl sites for hydroxylation is 1. The van der Waals surface area contributed by atoms with E-state index in [9.17, 15) is 0 Å². The SMILES string of the molecule is Cc1cc2c(cc1N1c3cc4c(cc3B3c5ccc(-c6ccccc6)cc5CN(c5ccc6c(c5C)C(C)(C)CCC6(C)C)c5cc(C(C)(C)C)cc1c53)C(C)(C)CCC4(C)C)C(C)(C)CC2(C)C. The molecule has 0 saturated carbocycles. The summed E-state index contributed by atoms with van der Waals surface area (Å²) in [5.41, 5.74) is 28.7. The van der Waals surface area contributed by atoms with Crippen LogP contribution in [0.5, 0.6) is 0 Å². The van der Waals surface area contributed by atoms with Crippen molar-refractivity contribution in [3.63, 3.8) is 0 Å². The van der Waals surface area contributed by atoms with Crippen LogP contribution in [0.15, 0.2) is 97.1 Å². The Morgan fingerprint density at radius 2 is 1.03 bits per heavy atom. The average Bonchev–Trinajstić information content (AvgIpc) is 3.35. The lowest BCUT2D eigenvalue weighted by molar-refractivity contribution is 0.330. The number of benzene rings is 6. The summed E-state index contributed by atoms with van der Waals surface area (Å²) in [6.45, 7) is 42.8. The molecule has 5 aliphatic rings. The number of anilines is 5. The fourth-order valence-corrected chi connectivity index (χ4v) is 14.6. The monoisotopic (exact) mass is 911 g/mol. The molecule has 2 nitrogen and oxygen atoms in total. The number of rotatable bonds is 3. The van der Waals surface area contributed by atoms with Gasteiger partial charge in [-0.15, -0.1) is 0 Å². The van der Waals surface area contributed by atoms with Crippen molar-refractivity contribution >= 4 is 51.5 Å². The number of hydrogen-bond donors (Lipinski definition) is 0. The third-order valence-electron chi connectivity index (χ3n) is 18.7. The quantitative estimate of drug-likeness (QED) is 0.163. The van der Waals surface area contributed by atoms with Gasteiger partial charge in [-0.05, 0) is 198 Å². The van der Waals surface area contributed by atoms with Crippen molar-refractivity contribution < 1.29 is 0 Å². The molecule has 3 aliphatic carbocycles. The first-order valence-corrected chi connectivity index (χ1v) is 26.5. The van der Waals surface area contributed by atoms with Gasteiger partial charge in [0.15, 0.2) is 0 Å². The Morgan fingerprint density at radius 3 is 1.68 bits per heavy atom. The van der Waals surface area contributed by atoms with E-state index in [1.54, 1.807) is 5.56 Å². The first-order valence-electron chi connectivity index (χ1n) is 26.5. The molecule has 0 fully saturated rings. The lowest BCUT2D eigenvalue weighted by Crippen LogP contribution is -2.58. The summed E-state index contributed by atoms with van der Waals surface area (Å²) < 4.78 is 0. The van der Waals surface area contributed by atoms with Gasteiger partial charge >= 0.3 is 0 Å². The Labute approximate surface area is 417 Å². The molecule has 6 aromatic carbocycles. The third kappa shape index (κ3) is 7.00. The fourth-order valence-electron chi connectivity index (χ4n) is 14.6. The molecule has 69 heavy (non-hydrogen) atoms. The highest BCUT2D eigenvalue weighted by atomic mass is 15.2. The van der Waals surface area contributed by atoms with Crippen LogP contribution in [0.4, 0.5) is 28.4 Å². The molecule has 6 aromatic rings. The van der Waals surface area contributed by atoms with E-state index in [0.717, 1.165) is 13.0 Å². The third-order valence-corrected chi connectivity index (χ3v) is 18.7. The van der Waals surface area contributed by atoms with E-state index in [-0.39, 0.29) is 44.6 Å². The first kappa shape index (κ1) is 46.4. The molecule has 3 heteroatoms. The molecule has 0 radical (unpaired) electrons. The van der Waals surface area contributed by atoms with Crippen molar-refractivity contribution in [1.82, 2.24) is 0 Å². The zero-order valence-electron chi connectivity index (χ0n) is 45.5. The molecule has 0 spiro atoms. The second-order valence-corrected chi connectivity index (χ2v) is 27.6. The van der Waals surface area contributed by atoms with Crippen molar-refractivity contribution in [3.8, 4) is 11.1 Å². The second kappa shape index (κ2) is 14.8. The molecule has 0 amide bonds. The molecule has 0 bridgehead atoms. The van der Waals surface area contributed by atoms with Gasteiger partial charge in [-0.2, -0.15) is 0 Å². The summed E-state index contributed by atoms with van der Waals surface area (Å²) in [7, 11) is 0. The molecule has 2 heterocycles. The Balaban J connectivity index is 1.30. The Bertz CT molecular complexity index is 3130. The van der Waals surface area contributed by atoms with Gasteiger partial charge in [-0.3, -0.25) is 0 Å². The molecule has 2 aliphatic heterocycles. The highest BCUT2D eigenvalue weighted by molar-refractivity contribution is 6.99. The molecule has 11 rings (SSSR count). The molecular weight excluding hydrogens is 832 g/mol. The zero-order chi connectivity index (χ0) is 49.3.